The highest BCUT2D eigenvalue weighted by molar-refractivity contribution is 5.84. The Balaban J connectivity index is 0.000000202. The predicted octanol–water partition coefficient (Wildman–Crippen LogP) is 4.26. The van der Waals surface area contributed by atoms with Crippen LogP contribution in [-0.2, 0) is 0 Å². The number of hydrogen-bond donors (Lipinski definition) is 2. The highest BCUT2D eigenvalue weighted by Gasteiger charge is 1.98. The van der Waals surface area contributed by atoms with E-state index in [4.69, 9.17) is 15.2 Å². The molecule has 4 nitrogen and oxygen atoms in total. The molecule has 0 amide bonds. The first kappa shape index (κ1) is 17.2. The van der Waals surface area contributed by atoms with Crippen LogP contribution in [0.5, 0.6) is 11.5 Å². The molecule has 3 N–H and O–H groups in total. The van der Waals surface area contributed by atoms with Gasteiger partial charge in [0, 0.05) is 11.6 Å². The lowest BCUT2D eigenvalue weighted by molar-refractivity contribution is 0.417. The molecule has 4 heteroatoms. The maximum absolute atomic E-state index is 5.51. The van der Waals surface area contributed by atoms with Crippen LogP contribution in [0.4, 0.5) is 5.69 Å². The molecule has 0 aliphatic heterocycles. The summed E-state index contributed by atoms with van der Waals surface area (Å²) >= 11 is 0. The molecule has 22 heavy (non-hydrogen) atoms. The van der Waals surface area contributed by atoms with Crippen molar-refractivity contribution < 1.29 is 9.47 Å². The molecule has 0 fully saturated rings. The molecule has 0 saturated heterocycles. The normalized spacial score (nSPS) is 9.00. The molecule has 1 aromatic heterocycles. The fourth-order valence-corrected chi connectivity index (χ4v) is 1.89. The van der Waals surface area contributed by atoms with Gasteiger partial charge in [-0.05, 0) is 24.3 Å². The van der Waals surface area contributed by atoms with Crippen LogP contribution in [0.3, 0.4) is 0 Å². The Labute approximate surface area is 131 Å². The molecule has 3 aromatic rings. The van der Waals surface area contributed by atoms with Gasteiger partial charge in [0.05, 0.1) is 25.4 Å². The molecule has 0 unspecified atom stereocenters. The predicted molar refractivity (Wildman–Crippen MR) is 93.5 cm³/mol. The third kappa shape index (κ3) is 4.31. The van der Waals surface area contributed by atoms with Gasteiger partial charge in [-0.3, -0.25) is 0 Å². The number of rotatable bonds is 2. The number of nitrogens with two attached hydrogens (primary N) is 1. The summed E-state index contributed by atoms with van der Waals surface area (Å²) in [5, 5.41) is 1.18. The van der Waals surface area contributed by atoms with Crippen LogP contribution in [0.1, 0.15) is 0 Å². The minimum atomic E-state index is 0.681. The number of ether oxygens (including phenoxy) is 2. The van der Waals surface area contributed by atoms with Gasteiger partial charge in [-0.15, -0.1) is 13.2 Å². The molecule has 1 heterocycles. The number of nitrogen functional groups attached to an aromatic ring is 1. The van der Waals surface area contributed by atoms with Crippen molar-refractivity contribution >= 4 is 16.6 Å². The number of aromatic amines is 1. The largest absolute Gasteiger partial charge is 0.495 e. The zero-order chi connectivity index (χ0) is 16.4. The van der Waals surface area contributed by atoms with E-state index < -0.39 is 0 Å². The summed E-state index contributed by atoms with van der Waals surface area (Å²) in [6.07, 6.45) is 1.91. The summed E-state index contributed by atoms with van der Waals surface area (Å²) in [6, 6.07) is 15.4. The maximum atomic E-state index is 5.51. The van der Waals surface area contributed by atoms with Gasteiger partial charge in [0.15, 0.2) is 0 Å². The molecule has 0 bridgehead atoms. The van der Waals surface area contributed by atoms with Crippen molar-refractivity contribution in [2.24, 2.45) is 0 Å². The highest BCUT2D eigenvalue weighted by Crippen LogP contribution is 2.22. The Morgan fingerprint density at radius 3 is 2.09 bits per heavy atom. The number of para-hydroxylation sites is 3. The van der Waals surface area contributed by atoms with Crippen molar-refractivity contribution in [3.8, 4) is 11.5 Å². The summed E-state index contributed by atoms with van der Waals surface area (Å²) in [7, 11) is 3.28. The quantitative estimate of drug-likeness (QED) is 0.549. The fourth-order valence-electron chi connectivity index (χ4n) is 1.89. The van der Waals surface area contributed by atoms with Gasteiger partial charge in [0.2, 0.25) is 0 Å². The summed E-state index contributed by atoms with van der Waals surface area (Å²) in [4.78, 5) is 3.11. The Morgan fingerprint density at radius 2 is 1.50 bits per heavy atom. The second-order valence-corrected chi connectivity index (χ2v) is 4.14. The monoisotopic (exact) mass is 298 g/mol. The SMILES string of the molecule is C=C.COc1cccc2cc[nH]c12.COc1ccccc1N. The van der Waals surface area contributed by atoms with Crippen LogP contribution in [0.2, 0.25) is 0 Å². The summed E-state index contributed by atoms with van der Waals surface area (Å²) in [5.74, 6) is 1.63. The van der Waals surface area contributed by atoms with Crippen molar-refractivity contribution in [3.63, 3.8) is 0 Å². The molecule has 2 aromatic carbocycles. The molecule has 0 radical (unpaired) electrons. The summed E-state index contributed by atoms with van der Waals surface area (Å²) in [6.45, 7) is 6.00. The van der Waals surface area contributed by atoms with E-state index in [1.165, 1.54) is 5.39 Å². The minimum Gasteiger partial charge on any atom is -0.495 e. The molecule has 0 aliphatic rings. The van der Waals surface area contributed by atoms with Crippen LogP contribution >= 0.6 is 0 Å². The van der Waals surface area contributed by atoms with Crippen molar-refractivity contribution in [1.82, 2.24) is 4.98 Å². The lowest BCUT2D eigenvalue weighted by Gasteiger charge is -2.00. The average molecular weight is 298 g/mol. The van der Waals surface area contributed by atoms with Crippen LogP contribution in [0.25, 0.3) is 10.9 Å². The zero-order valence-electron chi connectivity index (χ0n) is 13.0. The first-order chi connectivity index (χ1) is 10.8. The minimum absolute atomic E-state index is 0.681. The maximum Gasteiger partial charge on any atom is 0.142 e. The number of benzene rings is 2. The van der Waals surface area contributed by atoms with Gasteiger partial charge < -0.3 is 20.2 Å². The molecule has 0 aliphatic carbocycles. The van der Waals surface area contributed by atoms with Crippen molar-refractivity contribution in [1.29, 1.82) is 0 Å². The molecule has 0 atom stereocenters. The van der Waals surface area contributed by atoms with E-state index in [2.05, 4.69) is 18.1 Å². The lowest BCUT2D eigenvalue weighted by atomic mass is 10.2. The zero-order valence-corrected chi connectivity index (χ0v) is 13.0. The average Bonchev–Trinajstić information content (AvgIpc) is 3.06. The van der Waals surface area contributed by atoms with Gasteiger partial charge >= 0.3 is 0 Å². The number of anilines is 1. The first-order valence-electron chi connectivity index (χ1n) is 6.75. The van der Waals surface area contributed by atoms with Gasteiger partial charge in [0.25, 0.3) is 0 Å². The molecular weight excluding hydrogens is 276 g/mol. The third-order valence-corrected chi connectivity index (χ3v) is 2.91. The van der Waals surface area contributed by atoms with Gasteiger partial charge in [0.1, 0.15) is 11.5 Å². The summed E-state index contributed by atoms with van der Waals surface area (Å²) in [5.41, 5.74) is 7.25. The third-order valence-electron chi connectivity index (χ3n) is 2.91. The van der Waals surface area contributed by atoms with Gasteiger partial charge in [-0.2, -0.15) is 0 Å². The number of nitrogens with one attached hydrogen (secondary N) is 1. The molecule has 0 spiro atoms. The Hall–Kier alpha value is -2.88. The lowest BCUT2D eigenvalue weighted by Crippen LogP contribution is -1.89. The van der Waals surface area contributed by atoms with Crippen LogP contribution in [0, 0.1) is 0 Å². The van der Waals surface area contributed by atoms with E-state index in [0.29, 0.717) is 5.69 Å². The number of hydrogen-bond acceptors (Lipinski definition) is 3. The highest BCUT2D eigenvalue weighted by atomic mass is 16.5. The fraction of sp³-hybridized carbons (Fsp3) is 0.111. The smallest absolute Gasteiger partial charge is 0.142 e. The molecule has 0 saturated carbocycles. The molecule has 3 rings (SSSR count). The van der Waals surface area contributed by atoms with Crippen molar-refractivity contribution in [2.45, 2.75) is 0 Å². The van der Waals surface area contributed by atoms with Crippen molar-refractivity contribution in [2.75, 3.05) is 20.0 Å². The topological polar surface area (TPSA) is 60.3 Å². The Morgan fingerprint density at radius 1 is 0.864 bits per heavy atom. The Kier molecular flexibility index (Phi) is 7.13. The second kappa shape index (κ2) is 9.13. The van der Waals surface area contributed by atoms with Crippen molar-refractivity contribution in [3.05, 3.63) is 67.9 Å². The van der Waals surface area contributed by atoms with Crippen LogP contribution < -0.4 is 15.2 Å². The number of H-pyrrole nitrogens is 1. The van der Waals surface area contributed by atoms with Gasteiger partial charge in [-0.1, -0.05) is 24.3 Å². The van der Waals surface area contributed by atoms with E-state index in [9.17, 15) is 0 Å². The standard InChI is InChI=1S/C9H9NO.C7H9NO.C2H4/c1-11-8-4-2-3-7-5-6-10-9(7)8;1-9-7-5-3-2-4-6(7)8;1-2/h2-6,10H,1H3;2-5H,8H2,1H3;1-2H2. The van der Waals surface area contributed by atoms with Crippen LogP contribution in [-0.4, -0.2) is 19.2 Å². The first-order valence-corrected chi connectivity index (χ1v) is 6.75. The summed E-state index contributed by atoms with van der Waals surface area (Å²) < 4.78 is 10.1. The van der Waals surface area contributed by atoms with Gasteiger partial charge in [-0.25, -0.2) is 0 Å². The van der Waals surface area contributed by atoms with E-state index in [-0.39, 0.29) is 0 Å². The van der Waals surface area contributed by atoms with E-state index >= 15 is 0 Å². The number of methoxy groups -OCH3 is 2. The number of aromatic nitrogens is 1. The van der Waals surface area contributed by atoms with E-state index in [1.807, 2.05) is 48.7 Å². The Bertz CT molecular complexity index is 692. The molecular formula is C18H22N2O2. The second-order valence-electron chi connectivity index (χ2n) is 4.14. The van der Waals surface area contributed by atoms with E-state index in [1.54, 1.807) is 20.3 Å². The van der Waals surface area contributed by atoms with E-state index in [0.717, 1.165) is 17.0 Å². The number of fused-ring (bicyclic) bond motifs is 1. The molecule has 116 valence electrons. The van der Waals surface area contributed by atoms with Crippen LogP contribution in [0.15, 0.2) is 67.9 Å².